The third-order valence-corrected chi connectivity index (χ3v) is 3.04. The molecular formula is C15H25NO. The highest BCUT2D eigenvalue weighted by atomic mass is 16.3. The van der Waals surface area contributed by atoms with Crippen LogP contribution in [0, 0.1) is 13.8 Å². The summed E-state index contributed by atoms with van der Waals surface area (Å²) in [4.78, 5) is 2.27. The zero-order valence-electron chi connectivity index (χ0n) is 11.7. The Bertz CT molecular complexity index is 366. The van der Waals surface area contributed by atoms with Crippen LogP contribution in [0.4, 0.5) is 0 Å². The maximum Gasteiger partial charge on any atom is 0.0718 e. The summed E-state index contributed by atoms with van der Waals surface area (Å²) in [6.45, 7) is 12.7. The fraction of sp³-hybridized carbons (Fsp3) is 0.600. The molecule has 1 N–H and O–H groups in total. The monoisotopic (exact) mass is 235 g/mol. The van der Waals surface area contributed by atoms with E-state index in [9.17, 15) is 5.11 Å². The van der Waals surface area contributed by atoms with E-state index in [2.05, 4.69) is 43.9 Å². The van der Waals surface area contributed by atoms with E-state index < -0.39 is 5.60 Å². The Morgan fingerprint density at radius 1 is 1.18 bits per heavy atom. The molecule has 2 nitrogen and oxygen atoms in total. The highest BCUT2D eigenvalue weighted by Crippen LogP contribution is 2.13. The summed E-state index contributed by atoms with van der Waals surface area (Å²) < 4.78 is 0. The summed E-state index contributed by atoms with van der Waals surface area (Å²) in [6.07, 6.45) is 0. The normalized spacial score (nSPS) is 12.2. The van der Waals surface area contributed by atoms with Gasteiger partial charge < -0.3 is 5.11 Å². The molecule has 0 aromatic heterocycles. The van der Waals surface area contributed by atoms with Crippen LogP contribution in [-0.4, -0.2) is 28.7 Å². The minimum Gasteiger partial charge on any atom is -0.389 e. The van der Waals surface area contributed by atoms with Crippen molar-refractivity contribution in [2.24, 2.45) is 0 Å². The minimum atomic E-state index is -0.629. The Morgan fingerprint density at radius 2 is 1.82 bits per heavy atom. The lowest BCUT2D eigenvalue weighted by molar-refractivity contribution is 0.0353. The van der Waals surface area contributed by atoms with Crippen LogP contribution in [-0.2, 0) is 6.54 Å². The number of aryl methyl sites for hydroxylation is 2. The first-order valence-corrected chi connectivity index (χ1v) is 6.32. The molecule has 0 aliphatic rings. The molecule has 0 atom stereocenters. The summed E-state index contributed by atoms with van der Waals surface area (Å²) in [5.74, 6) is 0. The number of rotatable bonds is 5. The summed E-state index contributed by atoms with van der Waals surface area (Å²) in [5, 5.41) is 9.85. The molecule has 2 heteroatoms. The first-order chi connectivity index (χ1) is 7.81. The van der Waals surface area contributed by atoms with Crippen LogP contribution in [0.5, 0.6) is 0 Å². The van der Waals surface area contributed by atoms with E-state index >= 15 is 0 Å². The van der Waals surface area contributed by atoms with Crippen molar-refractivity contribution in [2.75, 3.05) is 13.1 Å². The average Bonchev–Trinajstić information content (AvgIpc) is 2.20. The second-order valence-electron chi connectivity index (χ2n) is 5.53. The molecule has 0 aliphatic heterocycles. The molecule has 0 heterocycles. The maximum atomic E-state index is 9.85. The lowest BCUT2D eigenvalue weighted by atomic mass is 10.0. The van der Waals surface area contributed by atoms with Crippen molar-refractivity contribution in [1.82, 2.24) is 4.90 Å². The lowest BCUT2D eigenvalue weighted by Gasteiger charge is -2.28. The summed E-state index contributed by atoms with van der Waals surface area (Å²) in [7, 11) is 0. The number of nitrogens with zero attached hydrogens (tertiary/aromatic N) is 1. The molecule has 0 fully saturated rings. The van der Waals surface area contributed by atoms with Crippen molar-refractivity contribution in [1.29, 1.82) is 0 Å². The zero-order chi connectivity index (χ0) is 13.1. The molecule has 1 rings (SSSR count). The lowest BCUT2D eigenvalue weighted by Crippen LogP contribution is -2.38. The van der Waals surface area contributed by atoms with Gasteiger partial charge in [0.15, 0.2) is 0 Å². The quantitative estimate of drug-likeness (QED) is 0.848. The molecule has 0 bridgehead atoms. The van der Waals surface area contributed by atoms with Crippen LogP contribution in [0.3, 0.4) is 0 Å². The van der Waals surface area contributed by atoms with E-state index in [1.807, 2.05) is 13.8 Å². The Hall–Kier alpha value is -0.860. The maximum absolute atomic E-state index is 9.85. The van der Waals surface area contributed by atoms with Crippen LogP contribution < -0.4 is 0 Å². The smallest absolute Gasteiger partial charge is 0.0718 e. The molecule has 17 heavy (non-hydrogen) atoms. The minimum absolute atomic E-state index is 0.629. The van der Waals surface area contributed by atoms with E-state index in [1.165, 1.54) is 16.7 Å². The van der Waals surface area contributed by atoms with Crippen molar-refractivity contribution in [3.8, 4) is 0 Å². The molecule has 0 unspecified atom stereocenters. The molecule has 0 amide bonds. The Morgan fingerprint density at radius 3 is 2.29 bits per heavy atom. The van der Waals surface area contributed by atoms with Gasteiger partial charge in [0, 0.05) is 13.1 Å². The Labute approximate surface area is 105 Å². The molecule has 1 aromatic carbocycles. The summed E-state index contributed by atoms with van der Waals surface area (Å²) in [5.41, 5.74) is 3.36. The van der Waals surface area contributed by atoms with Crippen LogP contribution in [0.15, 0.2) is 18.2 Å². The molecule has 0 saturated carbocycles. The fourth-order valence-electron chi connectivity index (χ4n) is 1.99. The van der Waals surface area contributed by atoms with Crippen molar-refractivity contribution >= 4 is 0 Å². The summed E-state index contributed by atoms with van der Waals surface area (Å²) in [6, 6.07) is 6.58. The molecular weight excluding hydrogens is 210 g/mol. The number of likely N-dealkylation sites (N-methyl/N-ethyl adjacent to an activating group) is 1. The van der Waals surface area contributed by atoms with Gasteiger partial charge in [0.25, 0.3) is 0 Å². The molecule has 0 radical (unpaired) electrons. The second-order valence-corrected chi connectivity index (χ2v) is 5.53. The molecule has 0 spiro atoms. The average molecular weight is 235 g/mol. The van der Waals surface area contributed by atoms with Gasteiger partial charge >= 0.3 is 0 Å². The standard InChI is InChI=1S/C15H25NO/c1-6-16(11-15(4,5)17)10-14-8-7-12(2)13(3)9-14/h7-9,17H,6,10-11H2,1-5H3. The largest absolute Gasteiger partial charge is 0.389 e. The Kier molecular flexibility index (Phi) is 4.72. The first-order valence-electron chi connectivity index (χ1n) is 6.32. The zero-order valence-corrected chi connectivity index (χ0v) is 11.7. The van der Waals surface area contributed by atoms with E-state index in [1.54, 1.807) is 0 Å². The number of benzene rings is 1. The van der Waals surface area contributed by atoms with Gasteiger partial charge in [-0.3, -0.25) is 4.90 Å². The van der Waals surface area contributed by atoms with Gasteiger partial charge in [-0.15, -0.1) is 0 Å². The molecule has 0 aliphatic carbocycles. The van der Waals surface area contributed by atoms with Gasteiger partial charge in [-0.1, -0.05) is 25.1 Å². The predicted octanol–water partition coefficient (Wildman–Crippen LogP) is 2.90. The SMILES string of the molecule is CCN(Cc1ccc(C)c(C)c1)CC(C)(C)O. The van der Waals surface area contributed by atoms with Gasteiger partial charge in [0.1, 0.15) is 0 Å². The number of hydrogen-bond acceptors (Lipinski definition) is 2. The number of hydrogen-bond donors (Lipinski definition) is 1. The third kappa shape index (κ3) is 4.88. The van der Waals surface area contributed by atoms with E-state index in [-0.39, 0.29) is 0 Å². The highest BCUT2D eigenvalue weighted by molar-refractivity contribution is 5.29. The highest BCUT2D eigenvalue weighted by Gasteiger charge is 2.17. The summed E-state index contributed by atoms with van der Waals surface area (Å²) >= 11 is 0. The van der Waals surface area contributed by atoms with Gasteiger partial charge in [0.2, 0.25) is 0 Å². The van der Waals surface area contributed by atoms with E-state index in [0.29, 0.717) is 6.54 Å². The van der Waals surface area contributed by atoms with Crippen LogP contribution in [0.2, 0.25) is 0 Å². The second kappa shape index (κ2) is 5.65. The predicted molar refractivity (Wildman–Crippen MR) is 73.2 cm³/mol. The topological polar surface area (TPSA) is 23.5 Å². The van der Waals surface area contributed by atoms with Crippen LogP contribution >= 0.6 is 0 Å². The van der Waals surface area contributed by atoms with E-state index in [4.69, 9.17) is 0 Å². The van der Waals surface area contributed by atoms with Crippen LogP contribution in [0.1, 0.15) is 37.5 Å². The fourth-order valence-corrected chi connectivity index (χ4v) is 1.99. The Balaban J connectivity index is 2.70. The first kappa shape index (κ1) is 14.2. The van der Waals surface area contributed by atoms with Crippen molar-refractivity contribution in [2.45, 2.75) is 46.8 Å². The molecule has 0 saturated heterocycles. The van der Waals surface area contributed by atoms with Gasteiger partial charge in [-0.05, 0) is 50.9 Å². The number of aliphatic hydroxyl groups is 1. The van der Waals surface area contributed by atoms with Gasteiger partial charge in [-0.2, -0.15) is 0 Å². The molecule has 1 aromatic rings. The van der Waals surface area contributed by atoms with Crippen LogP contribution in [0.25, 0.3) is 0 Å². The van der Waals surface area contributed by atoms with Gasteiger partial charge in [-0.25, -0.2) is 0 Å². The van der Waals surface area contributed by atoms with Gasteiger partial charge in [0.05, 0.1) is 5.60 Å². The van der Waals surface area contributed by atoms with E-state index in [0.717, 1.165) is 13.1 Å². The molecule has 96 valence electrons. The van der Waals surface area contributed by atoms with Crippen molar-refractivity contribution in [3.05, 3.63) is 34.9 Å². The van der Waals surface area contributed by atoms with Crippen molar-refractivity contribution < 1.29 is 5.11 Å². The third-order valence-electron chi connectivity index (χ3n) is 3.04. The van der Waals surface area contributed by atoms with Crippen molar-refractivity contribution in [3.63, 3.8) is 0 Å².